The molecule has 3 rings (SSSR count). The van der Waals surface area contributed by atoms with Gasteiger partial charge in [-0.15, -0.1) is 0 Å². The van der Waals surface area contributed by atoms with E-state index < -0.39 is 0 Å². The SMILES string of the molecule is O=C1CC(CS)CN1c1ccc(-c2ccc(F)cc2)cc1. The molecule has 21 heavy (non-hydrogen) atoms. The maximum Gasteiger partial charge on any atom is 0.227 e. The Labute approximate surface area is 129 Å². The highest BCUT2D eigenvalue weighted by Crippen LogP contribution is 2.28. The second-order valence-electron chi connectivity index (χ2n) is 5.31. The van der Waals surface area contributed by atoms with Gasteiger partial charge in [-0.1, -0.05) is 24.3 Å². The molecule has 0 N–H and O–H groups in total. The summed E-state index contributed by atoms with van der Waals surface area (Å²) in [4.78, 5) is 13.8. The number of halogens is 1. The molecule has 2 aromatic rings. The van der Waals surface area contributed by atoms with Crippen molar-refractivity contribution in [3.05, 3.63) is 54.3 Å². The van der Waals surface area contributed by atoms with E-state index in [0.29, 0.717) is 12.3 Å². The van der Waals surface area contributed by atoms with Crippen molar-refractivity contribution in [3.63, 3.8) is 0 Å². The van der Waals surface area contributed by atoms with Crippen LogP contribution in [0.3, 0.4) is 0 Å². The van der Waals surface area contributed by atoms with E-state index in [1.165, 1.54) is 12.1 Å². The largest absolute Gasteiger partial charge is 0.312 e. The third kappa shape index (κ3) is 2.95. The zero-order chi connectivity index (χ0) is 14.8. The molecule has 1 amide bonds. The molecule has 1 atom stereocenters. The fraction of sp³-hybridized carbons (Fsp3) is 0.235. The van der Waals surface area contributed by atoms with Gasteiger partial charge in [-0.2, -0.15) is 12.6 Å². The summed E-state index contributed by atoms with van der Waals surface area (Å²) < 4.78 is 12.9. The summed E-state index contributed by atoms with van der Waals surface area (Å²) in [6, 6.07) is 14.2. The van der Waals surface area contributed by atoms with E-state index in [9.17, 15) is 9.18 Å². The Morgan fingerprint density at radius 3 is 2.14 bits per heavy atom. The minimum atomic E-state index is -0.240. The van der Waals surface area contributed by atoms with Crippen LogP contribution in [0.25, 0.3) is 11.1 Å². The number of amides is 1. The quantitative estimate of drug-likeness (QED) is 0.856. The second-order valence-corrected chi connectivity index (χ2v) is 5.68. The number of thiol groups is 1. The van der Waals surface area contributed by atoms with E-state index in [4.69, 9.17) is 0 Å². The van der Waals surface area contributed by atoms with Crippen molar-refractivity contribution in [2.75, 3.05) is 17.2 Å². The summed E-state index contributed by atoms with van der Waals surface area (Å²) in [6.07, 6.45) is 0.573. The van der Waals surface area contributed by atoms with Gasteiger partial charge >= 0.3 is 0 Å². The summed E-state index contributed by atoms with van der Waals surface area (Å²) >= 11 is 4.27. The van der Waals surface area contributed by atoms with Crippen LogP contribution < -0.4 is 4.90 Å². The van der Waals surface area contributed by atoms with Gasteiger partial charge in [-0.25, -0.2) is 4.39 Å². The van der Waals surface area contributed by atoms with E-state index in [0.717, 1.165) is 29.1 Å². The number of benzene rings is 2. The Bertz CT molecular complexity index is 639. The molecule has 0 saturated carbocycles. The van der Waals surface area contributed by atoms with Crippen molar-refractivity contribution in [1.82, 2.24) is 0 Å². The number of carbonyl (C=O) groups is 1. The number of anilines is 1. The minimum Gasteiger partial charge on any atom is -0.312 e. The Balaban J connectivity index is 1.81. The van der Waals surface area contributed by atoms with Crippen LogP contribution >= 0.6 is 12.6 Å². The van der Waals surface area contributed by atoms with Crippen molar-refractivity contribution >= 4 is 24.2 Å². The smallest absolute Gasteiger partial charge is 0.227 e. The molecule has 1 fully saturated rings. The number of hydrogen-bond donors (Lipinski definition) is 1. The zero-order valence-electron chi connectivity index (χ0n) is 11.5. The Kier molecular flexibility index (Phi) is 3.97. The van der Waals surface area contributed by atoms with E-state index in [-0.39, 0.29) is 11.7 Å². The highest BCUT2D eigenvalue weighted by atomic mass is 32.1. The van der Waals surface area contributed by atoms with E-state index in [1.54, 1.807) is 12.1 Å². The lowest BCUT2D eigenvalue weighted by atomic mass is 10.1. The van der Waals surface area contributed by atoms with Crippen molar-refractivity contribution < 1.29 is 9.18 Å². The van der Waals surface area contributed by atoms with Crippen LogP contribution in [-0.2, 0) is 4.79 Å². The first-order valence-electron chi connectivity index (χ1n) is 6.94. The van der Waals surface area contributed by atoms with Crippen molar-refractivity contribution in [2.45, 2.75) is 6.42 Å². The van der Waals surface area contributed by atoms with Gasteiger partial charge in [0.1, 0.15) is 5.82 Å². The van der Waals surface area contributed by atoms with E-state index >= 15 is 0 Å². The van der Waals surface area contributed by atoms with Gasteiger partial charge in [-0.05, 0) is 47.1 Å². The zero-order valence-corrected chi connectivity index (χ0v) is 12.4. The fourth-order valence-electron chi connectivity index (χ4n) is 2.63. The molecule has 0 spiro atoms. The molecule has 0 aliphatic carbocycles. The molecule has 1 heterocycles. The number of carbonyl (C=O) groups excluding carboxylic acids is 1. The normalized spacial score (nSPS) is 18.3. The van der Waals surface area contributed by atoms with Crippen LogP contribution in [0.5, 0.6) is 0 Å². The average molecular weight is 301 g/mol. The molecule has 1 aliphatic heterocycles. The monoisotopic (exact) mass is 301 g/mol. The van der Waals surface area contributed by atoms with Gasteiger partial charge in [0, 0.05) is 18.7 Å². The predicted octanol–water partition coefficient (Wildman–Crippen LogP) is 3.78. The molecular formula is C17H16FNOS. The first-order valence-corrected chi connectivity index (χ1v) is 7.58. The van der Waals surface area contributed by atoms with Crippen molar-refractivity contribution in [2.24, 2.45) is 5.92 Å². The van der Waals surface area contributed by atoms with Gasteiger partial charge in [0.15, 0.2) is 0 Å². The summed E-state index contributed by atoms with van der Waals surface area (Å²) in [6.45, 7) is 0.734. The molecule has 0 bridgehead atoms. The van der Waals surface area contributed by atoms with Gasteiger partial charge in [0.25, 0.3) is 0 Å². The molecule has 2 aromatic carbocycles. The lowest BCUT2D eigenvalue weighted by Gasteiger charge is -2.17. The molecule has 1 aliphatic rings. The minimum absolute atomic E-state index is 0.156. The van der Waals surface area contributed by atoms with Crippen LogP contribution in [0.2, 0.25) is 0 Å². The molecule has 0 aromatic heterocycles. The molecule has 1 unspecified atom stereocenters. The number of hydrogen-bond acceptors (Lipinski definition) is 2. The maximum absolute atomic E-state index is 12.9. The van der Waals surface area contributed by atoms with Crippen molar-refractivity contribution in [3.8, 4) is 11.1 Å². The third-order valence-electron chi connectivity index (χ3n) is 3.82. The van der Waals surface area contributed by atoms with E-state index in [2.05, 4.69) is 12.6 Å². The molecular weight excluding hydrogens is 285 g/mol. The maximum atomic E-state index is 12.9. The third-order valence-corrected chi connectivity index (χ3v) is 4.34. The van der Waals surface area contributed by atoms with Gasteiger partial charge in [-0.3, -0.25) is 4.79 Å². The molecule has 2 nitrogen and oxygen atoms in total. The fourth-order valence-corrected chi connectivity index (χ4v) is 2.87. The molecule has 1 saturated heterocycles. The average Bonchev–Trinajstić information content (AvgIpc) is 2.89. The Hall–Kier alpha value is -1.81. The lowest BCUT2D eigenvalue weighted by molar-refractivity contribution is -0.117. The summed E-state index contributed by atoms with van der Waals surface area (Å²) in [5.41, 5.74) is 2.88. The summed E-state index contributed by atoms with van der Waals surface area (Å²) in [5, 5.41) is 0. The standard InChI is InChI=1S/C17H16FNOS/c18-15-5-1-13(2-6-15)14-3-7-16(8-4-14)19-10-12(11-21)9-17(19)20/h1-8,12,21H,9-11H2. The highest BCUT2D eigenvalue weighted by molar-refractivity contribution is 7.80. The van der Waals surface area contributed by atoms with Crippen LogP contribution in [0.1, 0.15) is 6.42 Å². The van der Waals surface area contributed by atoms with Gasteiger partial charge in [0.2, 0.25) is 5.91 Å². The van der Waals surface area contributed by atoms with Crippen LogP contribution in [-0.4, -0.2) is 18.2 Å². The number of nitrogens with zero attached hydrogens (tertiary/aromatic N) is 1. The van der Waals surface area contributed by atoms with Crippen LogP contribution in [0.4, 0.5) is 10.1 Å². The van der Waals surface area contributed by atoms with Crippen LogP contribution in [0.15, 0.2) is 48.5 Å². The second kappa shape index (κ2) is 5.90. The predicted molar refractivity (Wildman–Crippen MR) is 86.1 cm³/mol. The summed E-state index contributed by atoms with van der Waals surface area (Å²) in [7, 11) is 0. The first kappa shape index (κ1) is 14.1. The van der Waals surface area contributed by atoms with Gasteiger partial charge < -0.3 is 4.90 Å². The number of rotatable bonds is 3. The molecule has 108 valence electrons. The van der Waals surface area contributed by atoms with E-state index in [1.807, 2.05) is 29.2 Å². The topological polar surface area (TPSA) is 20.3 Å². The first-order chi connectivity index (χ1) is 10.2. The Morgan fingerprint density at radius 2 is 1.62 bits per heavy atom. The van der Waals surface area contributed by atoms with Crippen molar-refractivity contribution in [1.29, 1.82) is 0 Å². The molecule has 4 heteroatoms. The van der Waals surface area contributed by atoms with Crippen LogP contribution in [0, 0.1) is 11.7 Å². The summed E-state index contributed by atoms with van der Waals surface area (Å²) in [5.74, 6) is 0.979. The molecule has 0 radical (unpaired) electrons. The Morgan fingerprint density at radius 1 is 1.05 bits per heavy atom. The highest BCUT2D eigenvalue weighted by Gasteiger charge is 2.29. The lowest BCUT2D eigenvalue weighted by Crippen LogP contribution is -2.24. The van der Waals surface area contributed by atoms with Gasteiger partial charge in [0.05, 0.1) is 0 Å².